The lowest BCUT2D eigenvalue weighted by Gasteiger charge is -2.34. The number of piperazine rings is 1. The molecule has 1 aromatic carbocycles. The van der Waals surface area contributed by atoms with Gasteiger partial charge >= 0.3 is 6.18 Å². The number of nitrogens with zero attached hydrogens (tertiary/aromatic N) is 4. The lowest BCUT2D eigenvalue weighted by atomic mass is 10.2. The molecule has 0 radical (unpaired) electrons. The van der Waals surface area contributed by atoms with Crippen molar-refractivity contribution in [1.82, 2.24) is 19.6 Å². The van der Waals surface area contributed by atoms with Gasteiger partial charge in [0.15, 0.2) is 5.69 Å². The van der Waals surface area contributed by atoms with E-state index in [1.807, 2.05) is 4.90 Å². The number of benzene rings is 1. The predicted molar refractivity (Wildman–Crippen MR) is 99.0 cm³/mol. The number of aryl methyl sites for hydroxylation is 1. The molecule has 1 fully saturated rings. The van der Waals surface area contributed by atoms with E-state index in [2.05, 4.69) is 5.10 Å². The van der Waals surface area contributed by atoms with Crippen molar-refractivity contribution in [2.24, 2.45) is 0 Å². The van der Waals surface area contributed by atoms with Crippen molar-refractivity contribution in [2.75, 3.05) is 39.3 Å². The molecule has 0 unspecified atom stereocenters. The fourth-order valence-electron chi connectivity index (χ4n) is 3.24. The van der Waals surface area contributed by atoms with E-state index in [0.29, 0.717) is 38.4 Å². The Kier molecular flexibility index (Phi) is 6.04. The molecule has 0 atom stereocenters. The number of rotatable bonds is 4. The van der Waals surface area contributed by atoms with Crippen molar-refractivity contribution < 1.29 is 23.1 Å². The fourth-order valence-corrected chi connectivity index (χ4v) is 3.24. The molecule has 0 bridgehead atoms. The molecule has 1 amide bonds. The van der Waals surface area contributed by atoms with Crippen molar-refractivity contribution in [2.45, 2.75) is 13.1 Å². The summed E-state index contributed by atoms with van der Waals surface area (Å²) in [7, 11) is 0. The third-order valence-electron chi connectivity index (χ3n) is 4.80. The maximum absolute atomic E-state index is 13.0. The van der Waals surface area contributed by atoms with Crippen molar-refractivity contribution in [3.63, 3.8) is 0 Å². The lowest BCUT2D eigenvalue weighted by molar-refractivity contribution is -0.137. The summed E-state index contributed by atoms with van der Waals surface area (Å²) in [5.74, 6) is -0.556. The maximum Gasteiger partial charge on any atom is 0.416 e. The van der Waals surface area contributed by atoms with Gasteiger partial charge in [-0.1, -0.05) is 6.07 Å². The molecule has 0 spiro atoms. The zero-order valence-corrected chi connectivity index (χ0v) is 15.8. The number of hydrogen-bond donors (Lipinski definition) is 1. The van der Waals surface area contributed by atoms with E-state index in [-0.39, 0.29) is 18.0 Å². The molecule has 7 nitrogen and oxygen atoms in total. The molecule has 1 saturated heterocycles. The maximum atomic E-state index is 13.0. The van der Waals surface area contributed by atoms with Gasteiger partial charge in [-0.15, -0.1) is 0 Å². The van der Waals surface area contributed by atoms with E-state index in [1.165, 1.54) is 34.7 Å². The first kappa shape index (κ1) is 21.0. The highest BCUT2D eigenvalue weighted by Crippen LogP contribution is 2.30. The lowest BCUT2D eigenvalue weighted by Crippen LogP contribution is -2.50. The van der Waals surface area contributed by atoms with Crippen LogP contribution in [-0.4, -0.2) is 69.9 Å². The van der Waals surface area contributed by atoms with E-state index in [4.69, 9.17) is 5.11 Å². The number of carbonyl (C=O) groups is 1. The Morgan fingerprint density at radius 2 is 1.86 bits per heavy atom. The van der Waals surface area contributed by atoms with E-state index >= 15 is 0 Å². The number of alkyl halides is 3. The van der Waals surface area contributed by atoms with Crippen LogP contribution in [0.3, 0.4) is 0 Å². The van der Waals surface area contributed by atoms with E-state index < -0.39 is 23.1 Å². The molecule has 1 aromatic heterocycles. The monoisotopic (exact) mass is 410 g/mol. The second-order valence-corrected chi connectivity index (χ2v) is 6.82. The van der Waals surface area contributed by atoms with Crippen LogP contribution in [0.2, 0.25) is 0 Å². The number of carbonyl (C=O) groups excluding carboxylic acids is 1. The highest BCUT2D eigenvalue weighted by molar-refractivity contribution is 5.92. The standard InChI is InChI=1S/C19H21F3N4O3/c1-13-11-16(28)17(18(29)25-7-5-24(6-8-25)9-10-27)23-26(13)15-4-2-3-14(12-15)19(20,21)22/h2-4,11-12,27H,5-10H2,1H3. The molecule has 2 aromatic rings. The minimum absolute atomic E-state index is 0.0230. The van der Waals surface area contributed by atoms with E-state index in [1.54, 1.807) is 0 Å². The Morgan fingerprint density at radius 1 is 1.17 bits per heavy atom. The van der Waals surface area contributed by atoms with Crippen LogP contribution in [0, 0.1) is 6.92 Å². The second-order valence-electron chi connectivity index (χ2n) is 6.82. The zero-order valence-electron chi connectivity index (χ0n) is 15.8. The Morgan fingerprint density at radius 3 is 2.48 bits per heavy atom. The Labute approximate surface area is 165 Å². The van der Waals surface area contributed by atoms with Gasteiger partial charge in [-0.2, -0.15) is 18.3 Å². The highest BCUT2D eigenvalue weighted by Gasteiger charge is 2.31. The van der Waals surface area contributed by atoms with Crippen molar-refractivity contribution in [1.29, 1.82) is 0 Å². The molecule has 1 aliphatic rings. The third kappa shape index (κ3) is 4.65. The Hall–Kier alpha value is -2.72. The number of aliphatic hydroxyl groups is 1. The number of hydrogen-bond acceptors (Lipinski definition) is 5. The normalized spacial score (nSPS) is 15.6. The van der Waals surface area contributed by atoms with Crippen LogP contribution in [0.1, 0.15) is 21.7 Å². The van der Waals surface area contributed by atoms with Crippen LogP contribution in [0.4, 0.5) is 13.2 Å². The number of aliphatic hydroxyl groups excluding tert-OH is 1. The first-order chi connectivity index (χ1) is 13.7. The molecule has 10 heteroatoms. The summed E-state index contributed by atoms with van der Waals surface area (Å²) in [5, 5.41) is 13.1. The smallest absolute Gasteiger partial charge is 0.395 e. The van der Waals surface area contributed by atoms with E-state index in [0.717, 1.165) is 12.1 Å². The first-order valence-corrected chi connectivity index (χ1v) is 9.12. The van der Waals surface area contributed by atoms with Crippen LogP contribution in [0.5, 0.6) is 0 Å². The van der Waals surface area contributed by atoms with Crippen LogP contribution in [-0.2, 0) is 6.18 Å². The van der Waals surface area contributed by atoms with Gasteiger partial charge in [-0.3, -0.25) is 14.5 Å². The summed E-state index contributed by atoms with van der Waals surface area (Å²) in [6, 6.07) is 5.75. The second kappa shape index (κ2) is 8.34. The van der Waals surface area contributed by atoms with Gasteiger partial charge in [0.2, 0.25) is 5.43 Å². The van der Waals surface area contributed by atoms with Gasteiger partial charge in [0.1, 0.15) is 0 Å². The molecule has 2 heterocycles. The molecule has 1 aliphatic heterocycles. The first-order valence-electron chi connectivity index (χ1n) is 9.12. The van der Waals surface area contributed by atoms with Gasteiger partial charge < -0.3 is 10.0 Å². The largest absolute Gasteiger partial charge is 0.416 e. The summed E-state index contributed by atoms with van der Waals surface area (Å²) in [5.41, 5.74) is -1.32. The summed E-state index contributed by atoms with van der Waals surface area (Å²) in [6.45, 7) is 3.92. The zero-order chi connectivity index (χ0) is 21.2. The molecule has 0 saturated carbocycles. The average Bonchev–Trinajstić information content (AvgIpc) is 2.68. The number of halogens is 3. The van der Waals surface area contributed by atoms with Gasteiger partial charge in [-0.25, -0.2) is 4.68 Å². The minimum Gasteiger partial charge on any atom is -0.395 e. The third-order valence-corrected chi connectivity index (χ3v) is 4.80. The molecular formula is C19H21F3N4O3. The quantitative estimate of drug-likeness (QED) is 0.823. The topological polar surface area (TPSA) is 78.7 Å². The summed E-state index contributed by atoms with van der Waals surface area (Å²) >= 11 is 0. The molecule has 29 heavy (non-hydrogen) atoms. The molecule has 0 aliphatic carbocycles. The molecule has 156 valence electrons. The SMILES string of the molecule is Cc1cc(=O)c(C(=O)N2CCN(CCO)CC2)nn1-c1cccc(C(F)(F)F)c1. The molecule has 3 rings (SSSR count). The van der Waals surface area contributed by atoms with Gasteiger partial charge in [0.25, 0.3) is 5.91 Å². The van der Waals surface area contributed by atoms with Crippen LogP contribution < -0.4 is 5.43 Å². The predicted octanol–water partition coefficient (Wildman–Crippen LogP) is 1.31. The Balaban J connectivity index is 1.91. The Bertz CT molecular complexity index is 950. The highest BCUT2D eigenvalue weighted by atomic mass is 19.4. The van der Waals surface area contributed by atoms with Gasteiger partial charge in [0, 0.05) is 44.5 Å². The van der Waals surface area contributed by atoms with Crippen molar-refractivity contribution >= 4 is 5.91 Å². The van der Waals surface area contributed by atoms with Crippen molar-refractivity contribution in [3.8, 4) is 5.69 Å². The summed E-state index contributed by atoms with van der Waals surface area (Å²) in [4.78, 5) is 28.6. The molecule has 1 N–H and O–H groups in total. The minimum atomic E-state index is -4.52. The van der Waals surface area contributed by atoms with Gasteiger partial charge in [-0.05, 0) is 25.1 Å². The van der Waals surface area contributed by atoms with E-state index in [9.17, 15) is 22.8 Å². The van der Waals surface area contributed by atoms with Gasteiger partial charge in [0.05, 0.1) is 17.9 Å². The average molecular weight is 410 g/mol. The summed E-state index contributed by atoms with van der Waals surface area (Å²) < 4.78 is 40.2. The van der Waals surface area contributed by atoms with Crippen LogP contribution in [0.15, 0.2) is 35.1 Å². The number of β-amino-alcohol motifs (C(OH)–C–C–N with tert-alkyl or cyclic N) is 1. The molecular weight excluding hydrogens is 389 g/mol. The van der Waals surface area contributed by atoms with Crippen LogP contribution in [0.25, 0.3) is 5.69 Å². The summed E-state index contributed by atoms with van der Waals surface area (Å²) in [6.07, 6.45) is -4.52. The fraction of sp³-hybridized carbons (Fsp3) is 0.421. The van der Waals surface area contributed by atoms with Crippen molar-refractivity contribution in [3.05, 3.63) is 57.5 Å². The van der Waals surface area contributed by atoms with Crippen LogP contribution >= 0.6 is 0 Å². The number of amides is 1. The number of aromatic nitrogens is 2.